The summed E-state index contributed by atoms with van der Waals surface area (Å²) in [7, 11) is 0. The van der Waals surface area contributed by atoms with Crippen molar-refractivity contribution < 1.29 is 29.7 Å². The minimum Gasteiger partial charge on any atom is -0.479 e. The van der Waals surface area contributed by atoms with Gasteiger partial charge in [0.15, 0.2) is 17.5 Å². The van der Waals surface area contributed by atoms with Gasteiger partial charge >= 0.3 is 11.9 Å². The summed E-state index contributed by atoms with van der Waals surface area (Å²) in [6, 6.07) is 19.0. The van der Waals surface area contributed by atoms with Crippen molar-refractivity contribution in [3.63, 3.8) is 0 Å². The molecule has 0 fully saturated rings. The Morgan fingerprint density at radius 2 is 1.41 bits per heavy atom. The van der Waals surface area contributed by atoms with E-state index in [1.54, 1.807) is 0 Å². The number of aliphatic hydroxyl groups excluding tert-OH is 1. The number of aromatic nitrogens is 2. The lowest BCUT2D eigenvalue weighted by Crippen LogP contribution is -2.41. The molecule has 32 heavy (non-hydrogen) atoms. The number of rotatable bonds is 9. The summed E-state index contributed by atoms with van der Waals surface area (Å²) in [5, 5.41) is 37.5. The van der Waals surface area contributed by atoms with Crippen LogP contribution in [0.15, 0.2) is 66.7 Å². The molecule has 0 aliphatic rings. The fourth-order valence-electron chi connectivity index (χ4n) is 3.14. The number of nitrogens with zero attached hydrogens (tertiary/aromatic N) is 2. The van der Waals surface area contributed by atoms with E-state index in [4.69, 9.17) is 10.2 Å². The first-order valence-corrected chi connectivity index (χ1v) is 9.76. The molecule has 0 radical (unpaired) electrons. The fraction of sp³-hybridized carbons (Fsp3) is 0.174. The van der Waals surface area contributed by atoms with Crippen LogP contribution in [-0.2, 0) is 11.2 Å². The zero-order chi connectivity index (χ0) is 23.1. The van der Waals surface area contributed by atoms with Gasteiger partial charge in [-0.15, -0.1) is 10.2 Å². The van der Waals surface area contributed by atoms with E-state index in [2.05, 4.69) is 15.5 Å². The van der Waals surface area contributed by atoms with Crippen LogP contribution in [0.4, 0.5) is 0 Å². The lowest BCUT2D eigenvalue weighted by molar-refractivity contribution is -0.147. The quantitative estimate of drug-likeness (QED) is 0.399. The zero-order valence-electron chi connectivity index (χ0n) is 16.9. The van der Waals surface area contributed by atoms with Crippen LogP contribution in [0, 0.1) is 0 Å². The molecule has 1 amide bonds. The van der Waals surface area contributed by atoms with E-state index < -0.39 is 30.0 Å². The highest BCUT2D eigenvalue weighted by Gasteiger charge is 2.23. The van der Waals surface area contributed by atoms with Gasteiger partial charge in [-0.05, 0) is 35.2 Å². The molecule has 0 spiro atoms. The largest absolute Gasteiger partial charge is 0.479 e. The van der Waals surface area contributed by atoms with Gasteiger partial charge in [0, 0.05) is 12.5 Å². The topological polar surface area (TPSA) is 150 Å². The van der Waals surface area contributed by atoms with Gasteiger partial charge in [-0.2, -0.15) is 0 Å². The summed E-state index contributed by atoms with van der Waals surface area (Å²) in [6.07, 6.45) is -1.61. The molecule has 3 aromatic rings. The van der Waals surface area contributed by atoms with Crippen LogP contribution in [-0.4, -0.2) is 55.5 Å². The van der Waals surface area contributed by atoms with Crippen LogP contribution in [0.2, 0.25) is 0 Å². The zero-order valence-corrected chi connectivity index (χ0v) is 16.9. The maximum Gasteiger partial charge on any atom is 0.356 e. The molecule has 2 atom stereocenters. The predicted octanol–water partition coefficient (Wildman–Crippen LogP) is 2.02. The summed E-state index contributed by atoms with van der Waals surface area (Å²) in [4.78, 5) is 34.5. The monoisotopic (exact) mass is 435 g/mol. The van der Waals surface area contributed by atoms with Crippen LogP contribution in [0.1, 0.15) is 33.0 Å². The molecule has 9 nitrogen and oxygen atoms in total. The van der Waals surface area contributed by atoms with Gasteiger partial charge in [0.1, 0.15) is 0 Å². The first kappa shape index (κ1) is 22.6. The number of carbonyl (C=O) groups excluding carboxylic acids is 1. The van der Waals surface area contributed by atoms with Crippen LogP contribution in [0.5, 0.6) is 0 Å². The van der Waals surface area contributed by atoms with Gasteiger partial charge < -0.3 is 20.6 Å². The maximum atomic E-state index is 12.5. The number of carboxylic acid groups (broad SMARTS) is 2. The molecule has 9 heteroatoms. The van der Waals surface area contributed by atoms with Crippen LogP contribution in [0.3, 0.4) is 0 Å². The lowest BCUT2D eigenvalue weighted by Gasteiger charge is -2.20. The Balaban J connectivity index is 1.74. The Labute approximate surface area is 183 Å². The van der Waals surface area contributed by atoms with Crippen molar-refractivity contribution in [2.45, 2.75) is 25.0 Å². The van der Waals surface area contributed by atoms with Gasteiger partial charge in [0.2, 0.25) is 0 Å². The van der Waals surface area contributed by atoms with Gasteiger partial charge in [-0.1, -0.05) is 54.6 Å². The second kappa shape index (κ2) is 10.3. The third-order valence-electron chi connectivity index (χ3n) is 4.79. The number of aliphatic carboxylic acids is 1. The second-order valence-electron chi connectivity index (χ2n) is 7.14. The van der Waals surface area contributed by atoms with E-state index in [0.717, 1.165) is 22.8 Å². The highest BCUT2D eigenvalue weighted by atomic mass is 16.4. The minimum absolute atomic E-state index is 0.121. The highest BCUT2D eigenvalue weighted by molar-refractivity contribution is 5.93. The Kier molecular flexibility index (Phi) is 7.25. The molecular weight excluding hydrogens is 414 g/mol. The number of amides is 1. The molecule has 0 bridgehead atoms. The number of aromatic carboxylic acids is 1. The Bertz CT molecular complexity index is 1080. The SMILES string of the molecule is O=C(O)c1ccc(C(=O)NC(Cc2ccc(-c3ccccc3)cc2)CC(O)C(=O)O)nn1. The second-order valence-corrected chi connectivity index (χ2v) is 7.14. The smallest absolute Gasteiger partial charge is 0.356 e. The molecule has 0 aliphatic carbocycles. The van der Waals surface area contributed by atoms with E-state index in [-0.39, 0.29) is 24.2 Å². The van der Waals surface area contributed by atoms with Crippen molar-refractivity contribution in [1.82, 2.24) is 15.5 Å². The number of aliphatic hydroxyl groups is 1. The molecule has 1 heterocycles. The summed E-state index contributed by atoms with van der Waals surface area (Å²) >= 11 is 0. The van der Waals surface area contributed by atoms with Crippen molar-refractivity contribution in [1.29, 1.82) is 0 Å². The third-order valence-corrected chi connectivity index (χ3v) is 4.79. The lowest BCUT2D eigenvalue weighted by atomic mass is 9.97. The average molecular weight is 435 g/mol. The number of carboxylic acids is 2. The number of hydrogen-bond acceptors (Lipinski definition) is 6. The van der Waals surface area contributed by atoms with Crippen molar-refractivity contribution in [3.8, 4) is 11.1 Å². The van der Waals surface area contributed by atoms with Crippen molar-refractivity contribution in [3.05, 3.63) is 83.7 Å². The van der Waals surface area contributed by atoms with Gasteiger partial charge in [0.05, 0.1) is 0 Å². The van der Waals surface area contributed by atoms with Crippen molar-refractivity contribution >= 4 is 17.8 Å². The number of carbonyl (C=O) groups is 3. The standard InChI is InChI=1S/C23H21N3O6/c27-20(23(31)32)13-17(24-21(28)18-10-11-19(22(29)30)26-25-18)12-14-6-8-16(9-7-14)15-4-2-1-3-5-15/h1-11,17,20,27H,12-13H2,(H,24,28)(H,29,30)(H,31,32). The molecule has 164 valence electrons. The number of benzene rings is 2. The fourth-order valence-corrected chi connectivity index (χ4v) is 3.14. The van der Waals surface area contributed by atoms with Crippen LogP contribution in [0.25, 0.3) is 11.1 Å². The summed E-state index contributed by atoms with van der Waals surface area (Å²) in [6.45, 7) is 0. The Morgan fingerprint density at radius 3 is 1.97 bits per heavy atom. The third kappa shape index (κ3) is 5.96. The van der Waals surface area contributed by atoms with Gasteiger partial charge in [-0.25, -0.2) is 9.59 Å². The molecule has 0 saturated carbocycles. The molecule has 3 rings (SSSR count). The minimum atomic E-state index is -1.66. The molecule has 1 aromatic heterocycles. The molecule has 0 saturated heterocycles. The van der Waals surface area contributed by atoms with E-state index >= 15 is 0 Å². The summed E-state index contributed by atoms with van der Waals surface area (Å²) < 4.78 is 0. The highest BCUT2D eigenvalue weighted by Crippen LogP contribution is 2.20. The average Bonchev–Trinajstić information content (AvgIpc) is 2.80. The van der Waals surface area contributed by atoms with E-state index in [1.807, 2.05) is 54.6 Å². The van der Waals surface area contributed by atoms with Crippen LogP contribution < -0.4 is 5.32 Å². The first-order chi connectivity index (χ1) is 15.3. The molecule has 4 N–H and O–H groups in total. The molecule has 2 unspecified atom stereocenters. The molecular formula is C23H21N3O6. The number of hydrogen-bond donors (Lipinski definition) is 4. The maximum absolute atomic E-state index is 12.5. The van der Waals surface area contributed by atoms with Gasteiger partial charge in [-0.3, -0.25) is 4.79 Å². The Hall–Kier alpha value is -4.11. The predicted molar refractivity (Wildman–Crippen MR) is 114 cm³/mol. The summed E-state index contributed by atoms with van der Waals surface area (Å²) in [5.74, 6) is -3.32. The van der Waals surface area contributed by atoms with E-state index in [0.29, 0.717) is 0 Å². The summed E-state index contributed by atoms with van der Waals surface area (Å²) in [5.41, 5.74) is 2.46. The molecule has 0 aliphatic heterocycles. The van der Waals surface area contributed by atoms with Gasteiger partial charge in [0.25, 0.3) is 5.91 Å². The number of nitrogens with one attached hydrogen (secondary N) is 1. The van der Waals surface area contributed by atoms with E-state index in [1.165, 1.54) is 6.07 Å². The first-order valence-electron chi connectivity index (χ1n) is 9.76. The van der Waals surface area contributed by atoms with Crippen molar-refractivity contribution in [2.24, 2.45) is 0 Å². The van der Waals surface area contributed by atoms with Crippen molar-refractivity contribution in [2.75, 3.05) is 0 Å². The molecule has 2 aromatic carbocycles. The van der Waals surface area contributed by atoms with Crippen LogP contribution >= 0.6 is 0 Å². The normalized spacial score (nSPS) is 12.5. The van der Waals surface area contributed by atoms with E-state index in [9.17, 15) is 19.5 Å². The Morgan fingerprint density at radius 1 is 0.812 bits per heavy atom.